The summed E-state index contributed by atoms with van der Waals surface area (Å²) in [6.45, 7) is 0. The predicted molar refractivity (Wildman–Crippen MR) is 78.2 cm³/mol. The maximum absolute atomic E-state index is 13.7. The highest BCUT2D eigenvalue weighted by molar-refractivity contribution is 6.21. The second-order valence-electron chi connectivity index (χ2n) is 4.49. The maximum atomic E-state index is 13.7. The fraction of sp³-hybridized carbons (Fsp3) is 0.250. The van der Waals surface area contributed by atoms with Gasteiger partial charge in [-0.25, -0.2) is 8.78 Å². The van der Waals surface area contributed by atoms with Gasteiger partial charge in [0.25, 0.3) is 0 Å². The highest BCUT2D eigenvalue weighted by atomic mass is 35.5. The molecule has 0 heterocycles. The Hall–Kier alpha value is -1.81. The van der Waals surface area contributed by atoms with Gasteiger partial charge in [0.1, 0.15) is 11.5 Å². The Kier molecular flexibility index (Phi) is 5.02. The Balaban J connectivity index is 2.28. The van der Waals surface area contributed by atoms with Gasteiger partial charge < -0.3 is 9.47 Å². The highest BCUT2D eigenvalue weighted by Gasteiger charge is 2.18. The molecule has 1 atom stereocenters. The molecular weight excluding hydrogens is 298 g/mol. The molecule has 0 radical (unpaired) electrons. The molecule has 0 saturated heterocycles. The van der Waals surface area contributed by atoms with Gasteiger partial charge in [0.2, 0.25) is 0 Å². The van der Waals surface area contributed by atoms with Gasteiger partial charge in [0, 0.05) is 11.6 Å². The summed E-state index contributed by atoms with van der Waals surface area (Å²) in [6, 6.07) is 9.26. The van der Waals surface area contributed by atoms with Gasteiger partial charge >= 0.3 is 0 Å². The van der Waals surface area contributed by atoms with Crippen LogP contribution in [0.4, 0.5) is 8.78 Å². The zero-order chi connectivity index (χ0) is 15.4. The van der Waals surface area contributed by atoms with Crippen molar-refractivity contribution in [1.82, 2.24) is 0 Å². The Morgan fingerprint density at radius 3 is 2.52 bits per heavy atom. The minimum absolute atomic E-state index is 0.161. The Morgan fingerprint density at radius 2 is 1.86 bits per heavy atom. The summed E-state index contributed by atoms with van der Waals surface area (Å²) >= 11 is 6.33. The molecule has 0 aliphatic heterocycles. The fourth-order valence-corrected chi connectivity index (χ4v) is 2.43. The van der Waals surface area contributed by atoms with Crippen molar-refractivity contribution in [3.8, 4) is 11.5 Å². The van der Waals surface area contributed by atoms with Crippen molar-refractivity contribution in [2.75, 3.05) is 14.2 Å². The van der Waals surface area contributed by atoms with E-state index >= 15 is 0 Å². The second-order valence-corrected chi connectivity index (χ2v) is 5.02. The van der Waals surface area contributed by atoms with Gasteiger partial charge in [-0.15, -0.1) is 11.6 Å². The highest BCUT2D eigenvalue weighted by Crippen LogP contribution is 2.35. The third kappa shape index (κ3) is 3.45. The molecule has 0 aromatic heterocycles. The number of methoxy groups -OCH3 is 2. The molecule has 5 heteroatoms. The van der Waals surface area contributed by atoms with Crippen LogP contribution in [0.5, 0.6) is 11.5 Å². The molecule has 0 bridgehead atoms. The van der Waals surface area contributed by atoms with Crippen LogP contribution in [-0.4, -0.2) is 14.2 Å². The van der Waals surface area contributed by atoms with Crippen molar-refractivity contribution < 1.29 is 18.3 Å². The monoisotopic (exact) mass is 312 g/mol. The van der Waals surface area contributed by atoms with E-state index in [4.69, 9.17) is 21.1 Å². The van der Waals surface area contributed by atoms with Gasteiger partial charge in [0.05, 0.1) is 19.6 Å². The van der Waals surface area contributed by atoms with E-state index < -0.39 is 17.0 Å². The van der Waals surface area contributed by atoms with E-state index in [2.05, 4.69) is 0 Å². The van der Waals surface area contributed by atoms with Crippen LogP contribution < -0.4 is 9.47 Å². The molecule has 112 valence electrons. The number of halogens is 3. The smallest absolute Gasteiger partial charge is 0.162 e. The van der Waals surface area contributed by atoms with Crippen molar-refractivity contribution in [2.45, 2.75) is 11.8 Å². The van der Waals surface area contributed by atoms with Gasteiger partial charge in [-0.05, 0) is 24.1 Å². The lowest BCUT2D eigenvalue weighted by molar-refractivity contribution is 0.390. The third-order valence-corrected chi connectivity index (χ3v) is 3.60. The van der Waals surface area contributed by atoms with Gasteiger partial charge in [-0.2, -0.15) is 0 Å². The topological polar surface area (TPSA) is 18.5 Å². The number of hydrogen-bond acceptors (Lipinski definition) is 2. The Labute approximate surface area is 127 Å². The number of rotatable bonds is 5. The van der Waals surface area contributed by atoms with Crippen LogP contribution in [0.1, 0.15) is 16.5 Å². The van der Waals surface area contributed by atoms with Crippen molar-refractivity contribution >= 4 is 11.6 Å². The zero-order valence-electron chi connectivity index (χ0n) is 11.7. The molecular formula is C16H15ClF2O2. The van der Waals surface area contributed by atoms with Gasteiger partial charge in [-0.3, -0.25) is 0 Å². The SMILES string of the molecule is COc1ccc(C(Cl)Cc2cccc(F)c2F)c(OC)c1. The number of benzene rings is 2. The summed E-state index contributed by atoms with van der Waals surface area (Å²) in [5, 5.41) is -0.540. The third-order valence-electron chi connectivity index (χ3n) is 3.21. The van der Waals surface area contributed by atoms with Crippen molar-refractivity contribution in [2.24, 2.45) is 0 Å². The van der Waals surface area contributed by atoms with Crippen LogP contribution in [0, 0.1) is 11.6 Å². The molecule has 0 aliphatic rings. The number of hydrogen-bond donors (Lipinski definition) is 0. The largest absolute Gasteiger partial charge is 0.497 e. The first-order valence-electron chi connectivity index (χ1n) is 6.35. The molecule has 0 saturated carbocycles. The zero-order valence-corrected chi connectivity index (χ0v) is 12.5. The molecule has 2 aromatic rings. The van der Waals surface area contributed by atoms with Crippen LogP contribution in [0.3, 0.4) is 0 Å². The summed E-state index contributed by atoms with van der Waals surface area (Å²) in [5.41, 5.74) is 0.927. The lowest BCUT2D eigenvalue weighted by Gasteiger charge is -2.15. The van der Waals surface area contributed by atoms with Crippen LogP contribution in [0.2, 0.25) is 0 Å². The van der Waals surface area contributed by atoms with Crippen LogP contribution >= 0.6 is 11.6 Å². The molecule has 1 unspecified atom stereocenters. The van der Waals surface area contributed by atoms with Crippen molar-refractivity contribution in [3.63, 3.8) is 0 Å². The molecule has 0 aliphatic carbocycles. The molecule has 0 fully saturated rings. The summed E-state index contributed by atoms with van der Waals surface area (Å²) in [6.07, 6.45) is 0.161. The lowest BCUT2D eigenvalue weighted by atomic mass is 10.0. The van der Waals surface area contributed by atoms with Crippen LogP contribution in [0.15, 0.2) is 36.4 Å². The maximum Gasteiger partial charge on any atom is 0.162 e. The van der Waals surface area contributed by atoms with Gasteiger partial charge in [0.15, 0.2) is 11.6 Å². The Morgan fingerprint density at radius 1 is 1.10 bits per heavy atom. The first kappa shape index (κ1) is 15.6. The summed E-state index contributed by atoms with van der Waals surface area (Å²) in [7, 11) is 3.07. The van der Waals surface area contributed by atoms with Crippen LogP contribution in [0.25, 0.3) is 0 Å². The molecule has 2 nitrogen and oxygen atoms in total. The first-order valence-corrected chi connectivity index (χ1v) is 6.79. The standard InChI is InChI=1S/C16H15ClF2O2/c1-20-11-6-7-12(15(9-11)21-2)13(17)8-10-4-3-5-14(18)16(10)19/h3-7,9,13H,8H2,1-2H3. The lowest BCUT2D eigenvalue weighted by Crippen LogP contribution is -2.02. The van der Waals surface area contributed by atoms with E-state index in [0.717, 1.165) is 6.07 Å². The fourth-order valence-electron chi connectivity index (χ4n) is 2.09. The molecule has 2 aromatic carbocycles. The minimum atomic E-state index is -0.877. The molecule has 0 spiro atoms. The van der Waals surface area contributed by atoms with E-state index in [1.165, 1.54) is 19.2 Å². The van der Waals surface area contributed by atoms with Crippen molar-refractivity contribution in [1.29, 1.82) is 0 Å². The molecule has 21 heavy (non-hydrogen) atoms. The molecule has 2 rings (SSSR count). The first-order chi connectivity index (χ1) is 10.1. The van der Waals surface area contributed by atoms with Crippen LogP contribution in [-0.2, 0) is 6.42 Å². The number of alkyl halides is 1. The van der Waals surface area contributed by atoms with E-state index in [1.54, 1.807) is 25.3 Å². The average molecular weight is 313 g/mol. The predicted octanol–water partition coefficient (Wildman–Crippen LogP) is 4.50. The quantitative estimate of drug-likeness (QED) is 0.757. The summed E-state index contributed by atoms with van der Waals surface area (Å²) < 4.78 is 37.3. The summed E-state index contributed by atoms with van der Waals surface area (Å²) in [5.74, 6) is -0.559. The molecule has 0 N–H and O–H groups in total. The average Bonchev–Trinajstić information content (AvgIpc) is 2.51. The van der Waals surface area contributed by atoms with E-state index in [-0.39, 0.29) is 12.0 Å². The normalized spacial score (nSPS) is 12.0. The molecule has 0 amide bonds. The Bertz CT molecular complexity index is 632. The van der Waals surface area contributed by atoms with E-state index in [1.807, 2.05) is 0 Å². The minimum Gasteiger partial charge on any atom is -0.497 e. The second kappa shape index (κ2) is 6.76. The summed E-state index contributed by atoms with van der Waals surface area (Å²) in [4.78, 5) is 0. The van der Waals surface area contributed by atoms with E-state index in [9.17, 15) is 8.78 Å². The number of ether oxygens (including phenoxy) is 2. The van der Waals surface area contributed by atoms with Gasteiger partial charge in [-0.1, -0.05) is 18.2 Å². The van der Waals surface area contributed by atoms with Crippen molar-refractivity contribution in [3.05, 3.63) is 59.2 Å². The van der Waals surface area contributed by atoms with E-state index in [0.29, 0.717) is 17.1 Å².